The van der Waals surface area contributed by atoms with Gasteiger partial charge < -0.3 is 10.4 Å². The van der Waals surface area contributed by atoms with Crippen molar-refractivity contribution in [1.82, 2.24) is 5.32 Å². The largest absolute Gasteiger partial charge is 0.388 e. The maximum Gasteiger partial charge on any atom is 0.0833 e. The average Bonchev–Trinajstić information content (AvgIpc) is 2.29. The molecule has 0 fully saturated rings. The number of halogens is 1. The van der Waals surface area contributed by atoms with Crippen molar-refractivity contribution in [2.24, 2.45) is 0 Å². The second kappa shape index (κ2) is 7.39. The molecule has 2 atom stereocenters. The van der Waals surface area contributed by atoms with Crippen LogP contribution in [0.1, 0.15) is 31.9 Å². The van der Waals surface area contributed by atoms with Gasteiger partial charge in [-0.1, -0.05) is 30.7 Å². The predicted octanol–water partition coefficient (Wildman–Crippen LogP) is 3.49. The Labute approximate surface area is 119 Å². The van der Waals surface area contributed by atoms with Crippen molar-refractivity contribution in [3.05, 3.63) is 34.9 Å². The van der Waals surface area contributed by atoms with Gasteiger partial charge in [0.05, 0.1) is 5.60 Å². The van der Waals surface area contributed by atoms with Crippen molar-refractivity contribution >= 4 is 23.4 Å². The number of hydrogen-bond donors (Lipinski definition) is 2. The lowest BCUT2D eigenvalue weighted by atomic mass is 10.0. The van der Waals surface area contributed by atoms with Crippen molar-refractivity contribution < 1.29 is 5.11 Å². The van der Waals surface area contributed by atoms with Crippen LogP contribution >= 0.6 is 23.4 Å². The van der Waals surface area contributed by atoms with Gasteiger partial charge >= 0.3 is 0 Å². The Kier molecular flexibility index (Phi) is 6.50. The molecule has 0 aliphatic rings. The van der Waals surface area contributed by atoms with Gasteiger partial charge in [-0.05, 0) is 37.3 Å². The lowest BCUT2D eigenvalue weighted by molar-refractivity contribution is 0.0812. The fourth-order valence-corrected chi connectivity index (χ4v) is 2.85. The highest BCUT2D eigenvalue weighted by Crippen LogP contribution is 2.21. The van der Waals surface area contributed by atoms with Crippen LogP contribution in [0.25, 0.3) is 0 Å². The third-order valence-electron chi connectivity index (χ3n) is 2.84. The van der Waals surface area contributed by atoms with Crippen molar-refractivity contribution in [3.8, 4) is 0 Å². The molecule has 102 valence electrons. The molecule has 2 N–H and O–H groups in total. The Morgan fingerprint density at radius 1 is 1.50 bits per heavy atom. The minimum absolute atomic E-state index is 0.233. The molecule has 0 radical (unpaired) electrons. The van der Waals surface area contributed by atoms with Gasteiger partial charge in [0, 0.05) is 23.4 Å². The van der Waals surface area contributed by atoms with E-state index in [2.05, 4.69) is 18.3 Å². The highest BCUT2D eigenvalue weighted by atomic mass is 35.5. The lowest BCUT2D eigenvalue weighted by Gasteiger charge is -2.26. The second-order valence-corrected chi connectivity index (χ2v) is 6.13. The van der Waals surface area contributed by atoms with E-state index in [9.17, 15) is 5.11 Å². The number of thioether (sulfide) groups is 1. The highest BCUT2D eigenvalue weighted by molar-refractivity contribution is 7.98. The average molecular weight is 288 g/mol. The first-order valence-electron chi connectivity index (χ1n) is 6.18. The minimum atomic E-state index is -0.675. The van der Waals surface area contributed by atoms with E-state index in [4.69, 9.17) is 11.6 Å². The summed E-state index contributed by atoms with van der Waals surface area (Å²) < 4.78 is 0. The molecule has 18 heavy (non-hydrogen) atoms. The van der Waals surface area contributed by atoms with Gasteiger partial charge in [-0.2, -0.15) is 11.8 Å². The van der Waals surface area contributed by atoms with Crippen molar-refractivity contribution in [2.45, 2.75) is 31.9 Å². The molecular formula is C14H22ClNOS. The van der Waals surface area contributed by atoms with E-state index < -0.39 is 5.60 Å². The molecule has 4 heteroatoms. The fourth-order valence-electron chi connectivity index (χ4n) is 1.93. The molecule has 0 saturated heterocycles. The Morgan fingerprint density at radius 2 is 2.22 bits per heavy atom. The molecule has 2 nitrogen and oxygen atoms in total. The first kappa shape index (κ1) is 15.8. The van der Waals surface area contributed by atoms with Gasteiger partial charge in [0.25, 0.3) is 0 Å². The second-order valence-electron chi connectivity index (χ2n) is 4.83. The number of rotatable bonds is 7. The summed E-state index contributed by atoms with van der Waals surface area (Å²) >= 11 is 7.66. The summed E-state index contributed by atoms with van der Waals surface area (Å²) in [4.78, 5) is 0. The monoisotopic (exact) mass is 287 g/mol. The molecule has 0 aromatic heterocycles. The molecule has 0 aliphatic carbocycles. The maximum absolute atomic E-state index is 10.2. The molecule has 0 amide bonds. The summed E-state index contributed by atoms with van der Waals surface area (Å²) in [5.74, 6) is 0.728. The van der Waals surface area contributed by atoms with Crippen LogP contribution < -0.4 is 5.32 Å². The van der Waals surface area contributed by atoms with E-state index in [1.165, 1.54) is 5.56 Å². The van der Waals surface area contributed by atoms with Crippen molar-refractivity contribution in [2.75, 3.05) is 18.6 Å². The van der Waals surface area contributed by atoms with E-state index in [1.807, 2.05) is 31.4 Å². The highest BCUT2D eigenvalue weighted by Gasteiger charge is 2.21. The van der Waals surface area contributed by atoms with Crippen LogP contribution in [0.3, 0.4) is 0 Å². The van der Waals surface area contributed by atoms with E-state index in [0.717, 1.165) is 17.2 Å². The lowest BCUT2D eigenvalue weighted by Crippen LogP contribution is -2.41. The Bertz CT molecular complexity index is 371. The molecule has 1 aromatic rings. The zero-order chi connectivity index (χ0) is 13.6. The normalized spacial score (nSPS) is 16.3. The third kappa shape index (κ3) is 5.19. The summed E-state index contributed by atoms with van der Waals surface area (Å²) in [6, 6.07) is 8.11. The predicted molar refractivity (Wildman–Crippen MR) is 81.5 cm³/mol. The molecule has 1 aromatic carbocycles. The van der Waals surface area contributed by atoms with Crippen LogP contribution in [0.5, 0.6) is 0 Å². The maximum atomic E-state index is 10.2. The van der Waals surface area contributed by atoms with Crippen LogP contribution in [0.4, 0.5) is 0 Å². The zero-order valence-corrected chi connectivity index (χ0v) is 12.8. The van der Waals surface area contributed by atoms with Crippen molar-refractivity contribution in [3.63, 3.8) is 0 Å². The van der Waals surface area contributed by atoms with Gasteiger partial charge in [-0.15, -0.1) is 0 Å². The molecule has 2 unspecified atom stereocenters. The molecule has 0 bridgehead atoms. The van der Waals surface area contributed by atoms with Crippen LogP contribution in [0, 0.1) is 0 Å². The summed E-state index contributed by atoms with van der Waals surface area (Å²) in [6.07, 6.45) is 2.97. The molecule has 0 heterocycles. The smallest absolute Gasteiger partial charge is 0.0833 e. The van der Waals surface area contributed by atoms with Crippen LogP contribution in [-0.2, 0) is 0 Å². The molecule has 0 saturated carbocycles. The number of hydrogen-bond acceptors (Lipinski definition) is 3. The number of nitrogens with one attached hydrogen (secondary N) is 1. The Hall–Kier alpha value is -0.220. The Balaban J connectivity index is 2.63. The molecule has 0 aliphatic heterocycles. The topological polar surface area (TPSA) is 32.3 Å². The summed E-state index contributed by atoms with van der Waals surface area (Å²) in [7, 11) is 0. The summed E-state index contributed by atoms with van der Waals surface area (Å²) in [5, 5.41) is 14.3. The molecular weight excluding hydrogens is 266 g/mol. The van der Waals surface area contributed by atoms with Crippen molar-refractivity contribution in [1.29, 1.82) is 0 Å². The van der Waals surface area contributed by atoms with Gasteiger partial charge in [-0.25, -0.2) is 0 Å². The summed E-state index contributed by atoms with van der Waals surface area (Å²) in [6.45, 7) is 4.57. The quantitative estimate of drug-likeness (QED) is 0.805. The van der Waals surface area contributed by atoms with Gasteiger partial charge in [0.1, 0.15) is 0 Å². The minimum Gasteiger partial charge on any atom is -0.388 e. The SMILES string of the molecule is CCC(NCC(C)(O)CSC)c1cccc(Cl)c1. The van der Waals surface area contributed by atoms with Crippen LogP contribution in [0.2, 0.25) is 5.02 Å². The first-order chi connectivity index (χ1) is 8.48. The van der Waals surface area contributed by atoms with Gasteiger partial charge in [0.2, 0.25) is 0 Å². The van der Waals surface area contributed by atoms with E-state index in [0.29, 0.717) is 6.54 Å². The third-order valence-corrected chi connectivity index (χ3v) is 3.99. The fraction of sp³-hybridized carbons (Fsp3) is 0.571. The number of benzene rings is 1. The first-order valence-corrected chi connectivity index (χ1v) is 7.96. The van der Waals surface area contributed by atoms with E-state index in [-0.39, 0.29) is 6.04 Å². The molecule has 1 rings (SSSR count). The number of aliphatic hydroxyl groups is 1. The summed E-state index contributed by atoms with van der Waals surface area (Å²) in [5.41, 5.74) is 0.496. The van der Waals surface area contributed by atoms with Crippen LogP contribution in [-0.4, -0.2) is 29.3 Å². The van der Waals surface area contributed by atoms with E-state index in [1.54, 1.807) is 11.8 Å². The van der Waals surface area contributed by atoms with E-state index >= 15 is 0 Å². The molecule has 0 spiro atoms. The van der Waals surface area contributed by atoms with Crippen LogP contribution in [0.15, 0.2) is 24.3 Å². The van der Waals surface area contributed by atoms with Gasteiger partial charge in [0.15, 0.2) is 0 Å². The van der Waals surface area contributed by atoms with Gasteiger partial charge in [-0.3, -0.25) is 0 Å². The standard InChI is InChI=1S/C14H22ClNOS/c1-4-13(11-6-5-7-12(15)8-11)16-9-14(2,17)10-18-3/h5-8,13,16-17H,4,9-10H2,1-3H3. The zero-order valence-electron chi connectivity index (χ0n) is 11.2. The Morgan fingerprint density at radius 3 is 2.78 bits per heavy atom.